The average molecular weight is 423 g/mol. The topological polar surface area (TPSA) is 97.0 Å². The van der Waals surface area contributed by atoms with Crippen LogP contribution in [-0.2, 0) is 11.2 Å². The van der Waals surface area contributed by atoms with Crippen molar-refractivity contribution in [2.45, 2.75) is 33.1 Å². The van der Waals surface area contributed by atoms with E-state index < -0.39 is 0 Å². The van der Waals surface area contributed by atoms with Gasteiger partial charge < -0.3 is 15.0 Å². The van der Waals surface area contributed by atoms with Gasteiger partial charge in [0.15, 0.2) is 0 Å². The third-order valence-electron chi connectivity index (χ3n) is 5.13. The number of carbonyl (C=O) groups is 1. The Morgan fingerprint density at radius 3 is 2.90 bits per heavy atom. The van der Waals surface area contributed by atoms with E-state index in [1.807, 2.05) is 32.0 Å². The van der Waals surface area contributed by atoms with Crippen LogP contribution >= 0.6 is 11.3 Å². The molecule has 0 bridgehead atoms. The third kappa shape index (κ3) is 3.78. The Hall–Kier alpha value is -3.26. The normalized spacial score (nSPS) is 11.2. The quantitative estimate of drug-likeness (QED) is 0.487. The van der Waals surface area contributed by atoms with Crippen LogP contribution in [0, 0.1) is 13.8 Å². The number of ether oxygens (including phenoxy) is 1. The number of carbonyl (C=O) groups excluding carboxylic acids is 1. The molecule has 3 heterocycles. The monoisotopic (exact) mass is 422 g/mol. The minimum Gasteiger partial charge on any atom is -0.494 e. The van der Waals surface area contributed by atoms with Crippen LogP contribution in [0.4, 0.5) is 5.69 Å². The molecule has 0 aliphatic carbocycles. The molecule has 0 aliphatic heterocycles. The fraction of sp³-hybridized carbons (Fsp3) is 0.273. The number of benzene rings is 1. The van der Waals surface area contributed by atoms with Crippen LogP contribution in [-0.4, -0.2) is 28.0 Å². The first-order valence-corrected chi connectivity index (χ1v) is 10.5. The van der Waals surface area contributed by atoms with E-state index in [9.17, 15) is 9.59 Å². The number of aryl methyl sites for hydroxylation is 3. The van der Waals surface area contributed by atoms with Crippen molar-refractivity contribution in [1.29, 1.82) is 0 Å². The van der Waals surface area contributed by atoms with Crippen LogP contribution in [0.2, 0.25) is 0 Å². The second-order valence-electron chi connectivity index (χ2n) is 7.09. The Kier molecular flexibility index (Phi) is 5.50. The van der Waals surface area contributed by atoms with E-state index in [1.165, 1.54) is 11.3 Å². The van der Waals surface area contributed by atoms with Gasteiger partial charge >= 0.3 is 0 Å². The van der Waals surface area contributed by atoms with Gasteiger partial charge in [-0.15, -0.1) is 11.3 Å². The predicted molar refractivity (Wildman–Crippen MR) is 120 cm³/mol. The van der Waals surface area contributed by atoms with Gasteiger partial charge in [-0.3, -0.25) is 14.6 Å². The molecular formula is C22H22N4O3S. The molecule has 0 saturated carbocycles. The number of H-pyrrole nitrogens is 1. The average Bonchev–Trinajstić information content (AvgIpc) is 3.02. The molecular weight excluding hydrogens is 400 g/mol. The number of nitrogens with one attached hydrogen (secondary N) is 2. The number of nitrogens with zero attached hydrogens (tertiary/aromatic N) is 2. The highest BCUT2D eigenvalue weighted by Crippen LogP contribution is 2.30. The molecule has 154 valence electrons. The molecule has 0 aliphatic rings. The zero-order valence-corrected chi connectivity index (χ0v) is 17.9. The number of hydrogen-bond donors (Lipinski definition) is 2. The number of amides is 1. The molecule has 7 nitrogen and oxygen atoms in total. The molecule has 4 rings (SSSR count). The summed E-state index contributed by atoms with van der Waals surface area (Å²) in [6, 6.07) is 7.33. The molecule has 1 amide bonds. The van der Waals surface area contributed by atoms with Crippen LogP contribution in [0.5, 0.6) is 5.75 Å². The number of aromatic amines is 1. The van der Waals surface area contributed by atoms with Gasteiger partial charge in [0, 0.05) is 29.3 Å². The maximum atomic E-state index is 12.5. The van der Waals surface area contributed by atoms with E-state index >= 15 is 0 Å². The Labute approximate surface area is 177 Å². The molecule has 8 heteroatoms. The van der Waals surface area contributed by atoms with E-state index in [0.717, 1.165) is 20.7 Å². The predicted octanol–water partition coefficient (Wildman–Crippen LogP) is 4.12. The Bertz CT molecular complexity index is 1310. The molecule has 0 unspecified atom stereocenters. The highest BCUT2D eigenvalue weighted by atomic mass is 32.1. The van der Waals surface area contributed by atoms with Gasteiger partial charge in [0.05, 0.1) is 18.2 Å². The first-order valence-electron chi connectivity index (χ1n) is 9.68. The van der Waals surface area contributed by atoms with Crippen LogP contribution in [0.25, 0.3) is 21.1 Å². The fourth-order valence-corrected chi connectivity index (χ4v) is 4.52. The minimum atomic E-state index is -0.112. The number of aromatic nitrogens is 3. The summed E-state index contributed by atoms with van der Waals surface area (Å²) >= 11 is 1.53. The van der Waals surface area contributed by atoms with Crippen molar-refractivity contribution in [3.8, 4) is 5.75 Å². The Morgan fingerprint density at radius 2 is 2.10 bits per heavy atom. The first-order chi connectivity index (χ1) is 14.5. The molecule has 30 heavy (non-hydrogen) atoms. The maximum Gasteiger partial charge on any atom is 0.259 e. The number of hydrogen-bond acceptors (Lipinski definition) is 6. The molecule has 1 aromatic carbocycles. The second-order valence-corrected chi connectivity index (χ2v) is 8.30. The van der Waals surface area contributed by atoms with Crippen LogP contribution in [0.1, 0.15) is 29.1 Å². The lowest BCUT2D eigenvalue weighted by molar-refractivity contribution is -0.116. The highest BCUT2D eigenvalue weighted by Gasteiger charge is 2.13. The number of rotatable bonds is 6. The summed E-state index contributed by atoms with van der Waals surface area (Å²) in [5.41, 5.74) is 2.27. The van der Waals surface area contributed by atoms with Crippen LogP contribution < -0.4 is 15.6 Å². The van der Waals surface area contributed by atoms with Crippen molar-refractivity contribution >= 4 is 44.1 Å². The van der Waals surface area contributed by atoms with Gasteiger partial charge in [-0.25, -0.2) is 4.98 Å². The third-order valence-corrected chi connectivity index (χ3v) is 6.23. The number of anilines is 1. The summed E-state index contributed by atoms with van der Waals surface area (Å²) < 4.78 is 5.34. The largest absolute Gasteiger partial charge is 0.494 e. The van der Waals surface area contributed by atoms with E-state index in [1.54, 1.807) is 19.4 Å². The fourth-order valence-electron chi connectivity index (χ4n) is 3.47. The van der Waals surface area contributed by atoms with Crippen LogP contribution in [0.15, 0.2) is 35.3 Å². The summed E-state index contributed by atoms with van der Waals surface area (Å²) in [6.07, 6.45) is 3.12. The van der Waals surface area contributed by atoms with Crippen molar-refractivity contribution in [2.24, 2.45) is 0 Å². The molecule has 0 fully saturated rings. The Morgan fingerprint density at radius 1 is 1.27 bits per heavy atom. The standard InChI is InChI=1S/C22H22N4O3S/c1-12-13(2)30-22-19(12)21(28)25-17(26-22)7-4-8-18(27)24-15-9-10-16(29-3)20-14(15)6-5-11-23-20/h5-6,9-11H,4,7-8H2,1-3H3,(H,24,27)(H,25,26,28). The minimum absolute atomic E-state index is 0.100. The van der Waals surface area contributed by atoms with Crippen molar-refractivity contribution in [1.82, 2.24) is 15.0 Å². The number of methoxy groups -OCH3 is 1. The lowest BCUT2D eigenvalue weighted by Crippen LogP contribution is -2.14. The van der Waals surface area contributed by atoms with Crippen molar-refractivity contribution in [3.05, 3.63) is 57.1 Å². The van der Waals surface area contributed by atoms with Crippen molar-refractivity contribution in [3.63, 3.8) is 0 Å². The summed E-state index contributed by atoms with van der Waals surface area (Å²) in [6.45, 7) is 3.93. The molecule has 0 radical (unpaired) electrons. The van der Waals surface area contributed by atoms with Crippen molar-refractivity contribution in [2.75, 3.05) is 12.4 Å². The molecule has 2 N–H and O–H groups in total. The molecule has 0 atom stereocenters. The van der Waals surface area contributed by atoms with Gasteiger partial charge in [-0.2, -0.15) is 0 Å². The van der Waals surface area contributed by atoms with E-state index in [-0.39, 0.29) is 11.5 Å². The maximum absolute atomic E-state index is 12.5. The lowest BCUT2D eigenvalue weighted by atomic mass is 10.1. The van der Waals surface area contributed by atoms with Gasteiger partial charge in [-0.1, -0.05) is 0 Å². The SMILES string of the molecule is COc1ccc(NC(=O)CCCc2nc3sc(C)c(C)c3c(=O)[nH]2)c2cccnc12. The number of thiophene rings is 1. The van der Waals surface area contributed by atoms with Gasteiger partial charge in [0.1, 0.15) is 21.9 Å². The second kappa shape index (κ2) is 8.23. The summed E-state index contributed by atoms with van der Waals surface area (Å²) in [5.74, 6) is 1.17. The molecule has 3 aromatic heterocycles. The van der Waals surface area contributed by atoms with E-state index in [0.29, 0.717) is 47.4 Å². The van der Waals surface area contributed by atoms with Gasteiger partial charge in [-0.05, 0) is 50.1 Å². The van der Waals surface area contributed by atoms with Gasteiger partial charge in [0.2, 0.25) is 5.91 Å². The van der Waals surface area contributed by atoms with Crippen LogP contribution in [0.3, 0.4) is 0 Å². The smallest absolute Gasteiger partial charge is 0.259 e. The number of pyridine rings is 1. The van der Waals surface area contributed by atoms with E-state index in [2.05, 4.69) is 20.3 Å². The highest BCUT2D eigenvalue weighted by molar-refractivity contribution is 7.18. The van der Waals surface area contributed by atoms with Gasteiger partial charge in [0.25, 0.3) is 5.56 Å². The Balaban J connectivity index is 1.43. The number of fused-ring (bicyclic) bond motifs is 2. The van der Waals surface area contributed by atoms with E-state index in [4.69, 9.17) is 4.74 Å². The molecule has 0 spiro atoms. The lowest BCUT2D eigenvalue weighted by Gasteiger charge is -2.11. The molecule has 4 aromatic rings. The summed E-state index contributed by atoms with van der Waals surface area (Å²) in [4.78, 5) is 38.5. The van der Waals surface area contributed by atoms with Crippen molar-refractivity contribution < 1.29 is 9.53 Å². The zero-order valence-electron chi connectivity index (χ0n) is 17.0. The summed E-state index contributed by atoms with van der Waals surface area (Å²) in [7, 11) is 1.59. The zero-order chi connectivity index (χ0) is 21.3. The first kappa shape index (κ1) is 20.0. The molecule has 0 saturated heterocycles. The summed E-state index contributed by atoms with van der Waals surface area (Å²) in [5, 5.41) is 4.44.